The van der Waals surface area contributed by atoms with Gasteiger partial charge < -0.3 is 20.1 Å². The van der Waals surface area contributed by atoms with Gasteiger partial charge in [-0.25, -0.2) is 14.4 Å². The molecule has 2 aromatic heterocycles. The lowest BCUT2D eigenvalue weighted by Gasteiger charge is -2.40. The van der Waals surface area contributed by atoms with E-state index >= 15 is 4.39 Å². The molecule has 0 radical (unpaired) electrons. The van der Waals surface area contributed by atoms with E-state index in [-0.39, 0.29) is 23.9 Å². The van der Waals surface area contributed by atoms with Crippen molar-refractivity contribution in [1.82, 2.24) is 25.5 Å². The number of ether oxygens (including phenoxy) is 1. The first kappa shape index (κ1) is 24.8. The Hall–Kier alpha value is -3.54. The summed E-state index contributed by atoms with van der Waals surface area (Å²) in [5.74, 6) is -0.186. The molecule has 4 atom stereocenters. The van der Waals surface area contributed by atoms with Crippen LogP contribution in [0.15, 0.2) is 36.7 Å². The summed E-state index contributed by atoms with van der Waals surface area (Å²) in [5, 5.41) is 22.6. The van der Waals surface area contributed by atoms with Crippen LogP contribution < -0.4 is 15.0 Å². The predicted molar refractivity (Wildman–Crippen MR) is 130 cm³/mol. The number of pyridine rings is 1. The van der Waals surface area contributed by atoms with Crippen molar-refractivity contribution in [2.45, 2.75) is 68.6 Å². The SMILES string of the molecule is COc1cc(-c2ccc(-c3cnc(N(C4CC4)[C@H]4C[C@@H]5CC[C@H](N5)[C@H]4F)nn3)c(O)c2)cnc1C(F)(F)F. The molecule has 4 heterocycles. The topological polar surface area (TPSA) is 96.3 Å². The highest BCUT2D eigenvalue weighted by Gasteiger charge is 2.48. The van der Waals surface area contributed by atoms with Gasteiger partial charge in [-0.2, -0.15) is 13.2 Å². The number of phenols is 1. The number of halogens is 4. The van der Waals surface area contributed by atoms with Crippen molar-refractivity contribution >= 4 is 5.95 Å². The summed E-state index contributed by atoms with van der Waals surface area (Å²) in [4.78, 5) is 9.99. The van der Waals surface area contributed by atoms with Crippen molar-refractivity contribution in [3.8, 4) is 33.9 Å². The summed E-state index contributed by atoms with van der Waals surface area (Å²) in [6.45, 7) is 0. The molecule has 38 heavy (non-hydrogen) atoms. The fourth-order valence-electron chi connectivity index (χ4n) is 5.59. The molecule has 1 aromatic carbocycles. The molecule has 1 saturated carbocycles. The Morgan fingerprint density at radius 1 is 1.03 bits per heavy atom. The molecular formula is C26H26F4N6O2. The van der Waals surface area contributed by atoms with E-state index in [4.69, 9.17) is 4.74 Å². The van der Waals surface area contributed by atoms with E-state index in [1.807, 2.05) is 4.90 Å². The molecule has 2 saturated heterocycles. The maximum atomic E-state index is 15.3. The Morgan fingerprint density at radius 3 is 2.50 bits per heavy atom. The minimum atomic E-state index is -4.65. The number of benzene rings is 1. The van der Waals surface area contributed by atoms with Crippen LogP contribution >= 0.6 is 0 Å². The smallest absolute Gasteiger partial charge is 0.437 e. The minimum absolute atomic E-state index is 0.137. The van der Waals surface area contributed by atoms with Gasteiger partial charge >= 0.3 is 6.18 Å². The lowest BCUT2D eigenvalue weighted by atomic mass is 9.96. The lowest BCUT2D eigenvalue weighted by molar-refractivity contribution is -0.142. The third-order valence-corrected chi connectivity index (χ3v) is 7.58. The summed E-state index contributed by atoms with van der Waals surface area (Å²) in [5.41, 5.74) is 0.334. The lowest BCUT2D eigenvalue weighted by Crippen LogP contribution is -2.57. The van der Waals surface area contributed by atoms with E-state index in [1.54, 1.807) is 12.1 Å². The summed E-state index contributed by atoms with van der Waals surface area (Å²) >= 11 is 0. The van der Waals surface area contributed by atoms with Crippen LogP contribution in [0.2, 0.25) is 0 Å². The maximum Gasteiger partial charge on any atom is 0.437 e. The highest BCUT2D eigenvalue weighted by Crippen LogP contribution is 2.41. The van der Waals surface area contributed by atoms with Gasteiger partial charge in [0.1, 0.15) is 23.4 Å². The Balaban J connectivity index is 1.25. The number of aromatic hydroxyl groups is 1. The third kappa shape index (κ3) is 4.50. The molecule has 2 bridgehead atoms. The first-order valence-corrected chi connectivity index (χ1v) is 12.6. The number of anilines is 1. The molecule has 0 spiro atoms. The molecule has 3 fully saturated rings. The first-order valence-electron chi connectivity index (χ1n) is 12.6. The average molecular weight is 531 g/mol. The fraction of sp³-hybridized carbons (Fsp3) is 0.462. The van der Waals surface area contributed by atoms with Crippen LogP contribution in [0, 0.1) is 0 Å². The first-order chi connectivity index (χ1) is 18.2. The normalized spacial score (nSPS) is 24.9. The van der Waals surface area contributed by atoms with E-state index in [1.165, 1.54) is 18.3 Å². The van der Waals surface area contributed by atoms with Crippen LogP contribution in [-0.2, 0) is 6.18 Å². The van der Waals surface area contributed by atoms with E-state index in [2.05, 4.69) is 25.5 Å². The molecule has 6 rings (SSSR count). The van der Waals surface area contributed by atoms with Gasteiger partial charge in [0, 0.05) is 35.4 Å². The Labute approximate surface area is 216 Å². The number of hydrogen-bond donors (Lipinski definition) is 2. The van der Waals surface area contributed by atoms with E-state index in [0.717, 1.165) is 39.0 Å². The van der Waals surface area contributed by atoms with Gasteiger partial charge in [-0.05, 0) is 55.9 Å². The number of fused-ring (bicyclic) bond motifs is 2. The molecule has 0 amide bonds. The number of alkyl halides is 4. The van der Waals surface area contributed by atoms with Crippen molar-refractivity contribution in [1.29, 1.82) is 0 Å². The van der Waals surface area contributed by atoms with Crippen LogP contribution in [0.4, 0.5) is 23.5 Å². The van der Waals surface area contributed by atoms with Crippen molar-refractivity contribution < 1.29 is 27.4 Å². The van der Waals surface area contributed by atoms with Crippen LogP contribution in [0.3, 0.4) is 0 Å². The summed E-state index contributed by atoms with van der Waals surface area (Å²) in [6.07, 6.45) is 1.35. The van der Waals surface area contributed by atoms with Crippen molar-refractivity contribution in [2.75, 3.05) is 12.0 Å². The van der Waals surface area contributed by atoms with Crippen molar-refractivity contribution in [3.05, 3.63) is 42.4 Å². The molecule has 0 unspecified atom stereocenters. The molecule has 3 aliphatic rings. The van der Waals surface area contributed by atoms with Crippen LogP contribution in [-0.4, -0.2) is 62.7 Å². The number of piperidine rings is 1. The van der Waals surface area contributed by atoms with Gasteiger partial charge in [0.2, 0.25) is 5.95 Å². The van der Waals surface area contributed by atoms with Gasteiger partial charge in [0.25, 0.3) is 0 Å². The zero-order valence-electron chi connectivity index (χ0n) is 20.5. The molecule has 1 aliphatic carbocycles. The molecule has 200 valence electrons. The highest BCUT2D eigenvalue weighted by atomic mass is 19.4. The molecule has 8 nitrogen and oxygen atoms in total. The Bertz CT molecular complexity index is 1330. The van der Waals surface area contributed by atoms with Crippen LogP contribution in [0.5, 0.6) is 11.5 Å². The largest absolute Gasteiger partial charge is 0.507 e. The molecule has 12 heteroatoms. The second-order valence-electron chi connectivity index (χ2n) is 10.1. The zero-order chi connectivity index (χ0) is 26.6. The molecule has 3 aromatic rings. The van der Waals surface area contributed by atoms with E-state index < -0.39 is 23.8 Å². The third-order valence-electron chi connectivity index (χ3n) is 7.58. The number of nitrogens with one attached hydrogen (secondary N) is 1. The molecular weight excluding hydrogens is 504 g/mol. The maximum absolute atomic E-state index is 15.3. The van der Waals surface area contributed by atoms with E-state index in [0.29, 0.717) is 40.8 Å². The van der Waals surface area contributed by atoms with Crippen LogP contribution in [0.25, 0.3) is 22.4 Å². The number of phenolic OH excluding ortho intramolecular Hbond substituents is 1. The molecule has 2 aliphatic heterocycles. The van der Waals surface area contributed by atoms with Gasteiger partial charge in [0.05, 0.1) is 19.3 Å². The second-order valence-corrected chi connectivity index (χ2v) is 10.1. The Kier molecular flexibility index (Phi) is 6.09. The van der Waals surface area contributed by atoms with Gasteiger partial charge in [-0.15, -0.1) is 10.2 Å². The number of rotatable bonds is 6. The quantitative estimate of drug-likeness (QED) is 0.449. The number of nitrogens with zero attached hydrogens (tertiary/aromatic N) is 5. The minimum Gasteiger partial charge on any atom is -0.507 e. The average Bonchev–Trinajstić information content (AvgIpc) is 3.66. The number of aromatic nitrogens is 4. The standard InChI is InChI=1S/C26H26F4N6O2/c1-38-22-9-14(11-31-24(22)26(28,29)30)13-2-6-17(21(37)8-13)19-12-32-25(35-34-19)36(16-4-5-16)20-10-15-3-7-18(33-15)23(20)27/h2,6,8-9,11-12,15-16,18,20,23,33,37H,3-5,7,10H2,1H3/t15-,18-,20-,23+/m0/s1. The van der Waals surface area contributed by atoms with Gasteiger partial charge in [-0.3, -0.25) is 0 Å². The predicted octanol–water partition coefficient (Wildman–Crippen LogP) is 4.53. The van der Waals surface area contributed by atoms with Gasteiger partial charge in [-0.1, -0.05) is 6.07 Å². The summed E-state index contributed by atoms with van der Waals surface area (Å²) in [6, 6.07) is 5.91. The van der Waals surface area contributed by atoms with Crippen molar-refractivity contribution in [3.63, 3.8) is 0 Å². The van der Waals surface area contributed by atoms with Gasteiger partial charge in [0.15, 0.2) is 5.69 Å². The fourth-order valence-corrected chi connectivity index (χ4v) is 5.59. The number of methoxy groups -OCH3 is 1. The zero-order valence-corrected chi connectivity index (χ0v) is 20.5. The second kappa shape index (κ2) is 9.33. The van der Waals surface area contributed by atoms with E-state index in [9.17, 15) is 18.3 Å². The van der Waals surface area contributed by atoms with Crippen molar-refractivity contribution in [2.24, 2.45) is 0 Å². The molecule has 2 N–H and O–H groups in total. The number of hydrogen-bond acceptors (Lipinski definition) is 8. The van der Waals surface area contributed by atoms with Crippen LogP contribution in [0.1, 0.15) is 37.8 Å². The Morgan fingerprint density at radius 2 is 1.84 bits per heavy atom. The highest BCUT2D eigenvalue weighted by molar-refractivity contribution is 5.74. The summed E-state index contributed by atoms with van der Waals surface area (Å²) in [7, 11) is 1.14. The monoisotopic (exact) mass is 530 g/mol. The summed E-state index contributed by atoms with van der Waals surface area (Å²) < 4.78 is 59.6.